The van der Waals surface area contributed by atoms with Gasteiger partial charge in [-0.05, 0) is 54.6 Å². The number of phenols is 1. The summed E-state index contributed by atoms with van der Waals surface area (Å²) in [6, 6.07) is 21.7. The normalized spacial score (nSPS) is 11.5. The highest BCUT2D eigenvalue weighted by Gasteiger charge is 2.21. The predicted octanol–water partition coefficient (Wildman–Crippen LogP) is 5.65. The number of fused-ring (bicyclic) bond motifs is 1. The van der Waals surface area contributed by atoms with E-state index in [0.29, 0.717) is 39.1 Å². The van der Waals surface area contributed by atoms with Crippen molar-refractivity contribution in [3.63, 3.8) is 0 Å². The van der Waals surface area contributed by atoms with Gasteiger partial charge >= 0.3 is 0 Å². The molecule has 2 heterocycles. The van der Waals surface area contributed by atoms with Crippen molar-refractivity contribution in [2.45, 2.75) is 10.1 Å². The summed E-state index contributed by atoms with van der Waals surface area (Å²) in [5.41, 5.74) is 1.83. The molecule has 0 saturated heterocycles. The number of aromatic nitrogens is 2. The van der Waals surface area contributed by atoms with Crippen molar-refractivity contribution < 1.29 is 22.9 Å². The van der Waals surface area contributed by atoms with Crippen LogP contribution in [0.25, 0.3) is 33.7 Å². The Kier molecular flexibility index (Phi) is 5.71. The fourth-order valence-electron chi connectivity index (χ4n) is 3.36. The van der Waals surface area contributed by atoms with Gasteiger partial charge in [0, 0.05) is 23.1 Å². The van der Waals surface area contributed by atoms with Crippen molar-refractivity contribution in [2.24, 2.45) is 0 Å². The molecule has 5 rings (SSSR count). The lowest BCUT2D eigenvalue weighted by atomic mass is 10.1. The van der Waals surface area contributed by atoms with Gasteiger partial charge in [0.15, 0.2) is 5.76 Å². The second-order valence-corrected chi connectivity index (χ2v) is 11.1. The van der Waals surface area contributed by atoms with Crippen LogP contribution in [-0.4, -0.2) is 28.4 Å². The Labute approximate surface area is 202 Å². The first-order valence-electron chi connectivity index (χ1n) is 10.1. The zero-order valence-electron chi connectivity index (χ0n) is 17.7. The third-order valence-corrected chi connectivity index (χ3v) is 8.15. The number of furan rings is 1. The van der Waals surface area contributed by atoms with Gasteiger partial charge in [0.05, 0.1) is 26.3 Å². The van der Waals surface area contributed by atoms with Gasteiger partial charge in [0.25, 0.3) is 5.69 Å². The molecule has 174 valence electrons. The van der Waals surface area contributed by atoms with Crippen molar-refractivity contribution in [1.29, 1.82) is 0 Å². The first kappa shape index (κ1) is 22.6. The van der Waals surface area contributed by atoms with Gasteiger partial charge in [-0.3, -0.25) is 10.1 Å². The molecule has 5 aromatic rings. The zero-order chi connectivity index (χ0) is 24.6. The van der Waals surface area contributed by atoms with E-state index in [4.69, 9.17) is 4.42 Å². The molecule has 0 atom stereocenters. The quantitative estimate of drug-likeness (QED) is 0.134. The number of phenolic OH excluding ortho intramolecular Hbond substituents is 1. The standard InChI is InChI=1S/C24H15N3O6S2/c28-18-9-11-19(12-10-18)35(31,32)34-24-25-20(15-5-7-17(8-6-15)27(29)30)14-21(26-24)23-13-16-3-1-2-4-22(16)33-23/h1-14,28H. The number of nitro groups is 1. The maximum Gasteiger partial charge on any atom is 0.269 e. The fraction of sp³-hybridized carbons (Fsp3) is 0. The van der Waals surface area contributed by atoms with E-state index < -0.39 is 13.8 Å². The highest BCUT2D eigenvalue weighted by Crippen LogP contribution is 2.34. The molecule has 1 N–H and O–H groups in total. The molecular formula is C24H15N3O6S2. The third kappa shape index (κ3) is 4.72. The summed E-state index contributed by atoms with van der Waals surface area (Å²) >= 11 is 0. The van der Waals surface area contributed by atoms with E-state index in [2.05, 4.69) is 9.97 Å². The van der Waals surface area contributed by atoms with Crippen LogP contribution in [-0.2, 0) is 8.87 Å². The van der Waals surface area contributed by atoms with Crippen LogP contribution in [0.15, 0.2) is 99.4 Å². The van der Waals surface area contributed by atoms with E-state index in [1.165, 1.54) is 48.5 Å². The number of non-ortho nitro benzene ring substituents is 1. The van der Waals surface area contributed by atoms with Crippen LogP contribution in [0.2, 0.25) is 0 Å². The summed E-state index contributed by atoms with van der Waals surface area (Å²) in [4.78, 5) is 19.3. The molecule has 0 aliphatic carbocycles. The van der Waals surface area contributed by atoms with E-state index in [0.717, 1.165) is 5.39 Å². The molecule has 2 aromatic heterocycles. The Morgan fingerprint density at radius 2 is 1.57 bits per heavy atom. The monoisotopic (exact) mass is 505 g/mol. The molecule has 9 nitrogen and oxygen atoms in total. The van der Waals surface area contributed by atoms with E-state index in [-0.39, 0.29) is 21.5 Å². The SMILES string of the molecule is O=[N+]([O-])c1ccc(-c2cc(-c3cc4ccccc4o3)nc(SS(=O)(=O)c3ccc(O)cc3)n2)cc1. The Balaban J connectivity index is 1.61. The van der Waals surface area contributed by atoms with Gasteiger partial charge in [0.1, 0.15) is 17.0 Å². The Hall–Kier alpha value is -4.22. The second-order valence-electron chi connectivity index (χ2n) is 7.40. The van der Waals surface area contributed by atoms with Gasteiger partial charge in [-0.2, -0.15) is 0 Å². The first-order chi connectivity index (χ1) is 16.8. The molecule has 3 aromatic carbocycles. The number of aromatic hydroxyl groups is 1. The average molecular weight is 506 g/mol. The van der Waals surface area contributed by atoms with Gasteiger partial charge in [-0.15, -0.1) is 0 Å². The molecule has 0 aliphatic rings. The maximum absolute atomic E-state index is 13.0. The third-order valence-electron chi connectivity index (χ3n) is 5.07. The fourth-order valence-corrected chi connectivity index (χ4v) is 5.83. The van der Waals surface area contributed by atoms with Crippen LogP contribution in [0, 0.1) is 10.1 Å². The number of hydrogen-bond donors (Lipinski definition) is 1. The van der Waals surface area contributed by atoms with Crippen LogP contribution in [0.3, 0.4) is 0 Å². The molecule has 0 amide bonds. The molecule has 35 heavy (non-hydrogen) atoms. The second kappa shape index (κ2) is 8.85. The molecule has 0 bridgehead atoms. The molecule has 0 saturated carbocycles. The number of hydrogen-bond acceptors (Lipinski definition) is 9. The number of nitro benzene ring substituents is 1. The molecule has 0 radical (unpaired) electrons. The molecular weight excluding hydrogens is 490 g/mol. The Morgan fingerprint density at radius 3 is 2.26 bits per heavy atom. The Morgan fingerprint density at radius 1 is 0.886 bits per heavy atom. The molecule has 0 aliphatic heterocycles. The van der Waals surface area contributed by atoms with E-state index in [1.807, 2.05) is 24.3 Å². The van der Waals surface area contributed by atoms with Crippen LogP contribution in [0.4, 0.5) is 5.69 Å². The summed E-state index contributed by atoms with van der Waals surface area (Å²) in [5.74, 6) is 0.359. The largest absolute Gasteiger partial charge is 0.508 e. The van der Waals surface area contributed by atoms with Crippen molar-refractivity contribution in [3.05, 3.63) is 95.0 Å². The summed E-state index contributed by atoms with van der Waals surface area (Å²) < 4.78 is 31.9. The number of nitrogens with zero attached hydrogens (tertiary/aromatic N) is 3. The predicted molar refractivity (Wildman–Crippen MR) is 130 cm³/mol. The van der Waals surface area contributed by atoms with Crippen LogP contribution >= 0.6 is 10.8 Å². The Bertz CT molecular complexity index is 1630. The van der Waals surface area contributed by atoms with Gasteiger partial charge in [0.2, 0.25) is 14.0 Å². The summed E-state index contributed by atoms with van der Waals surface area (Å²) in [6.45, 7) is 0. The van der Waals surface area contributed by atoms with Gasteiger partial charge in [-0.1, -0.05) is 18.2 Å². The molecule has 11 heteroatoms. The van der Waals surface area contributed by atoms with Gasteiger partial charge in [-0.25, -0.2) is 18.4 Å². The number of benzene rings is 3. The number of para-hydroxylation sites is 1. The lowest BCUT2D eigenvalue weighted by Crippen LogP contribution is -2.00. The minimum atomic E-state index is -3.91. The van der Waals surface area contributed by atoms with Crippen molar-refractivity contribution >= 4 is 36.3 Å². The van der Waals surface area contributed by atoms with Crippen LogP contribution in [0.1, 0.15) is 0 Å². The van der Waals surface area contributed by atoms with Crippen molar-refractivity contribution in [3.8, 4) is 28.5 Å². The first-order valence-corrected chi connectivity index (χ1v) is 13.0. The van der Waals surface area contributed by atoms with E-state index >= 15 is 0 Å². The minimum absolute atomic E-state index is 0.0186. The average Bonchev–Trinajstić information content (AvgIpc) is 3.28. The van der Waals surface area contributed by atoms with Crippen LogP contribution < -0.4 is 0 Å². The number of rotatable bonds is 6. The zero-order valence-corrected chi connectivity index (χ0v) is 19.4. The lowest BCUT2D eigenvalue weighted by Gasteiger charge is -2.08. The molecule has 0 fully saturated rings. The van der Waals surface area contributed by atoms with Crippen molar-refractivity contribution in [2.75, 3.05) is 0 Å². The molecule has 0 unspecified atom stereocenters. The van der Waals surface area contributed by atoms with Crippen LogP contribution in [0.5, 0.6) is 5.75 Å². The topological polar surface area (TPSA) is 136 Å². The lowest BCUT2D eigenvalue weighted by molar-refractivity contribution is -0.384. The highest BCUT2D eigenvalue weighted by atomic mass is 33.1. The van der Waals surface area contributed by atoms with Gasteiger partial charge < -0.3 is 9.52 Å². The molecule has 0 spiro atoms. The van der Waals surface area contributed by atoms with E-state index in [9.17, 15) is 23.6 Å². The summed E-state index contributed by atoms with van der Waals surface area (Å²) in [6.07, 6.45) is 0. The maximum atomic E-state index is 13.0. The van der Waals surface area contributed by atoms with Crippen molar-refractivity contribution in [1.82, 2.24) is 9.97 Å². The summed E-state index contributed by atoms with van der Waals surface area (Å²) in [5, 5.41) is 21.3. The minimum Gasteiger partial charge on any atom is -0.508 e. The summed E-state index contributed by atoms with van der Waals surface area (Å²) in [7, 11) is -3.45. The van der Waals surface area contributed by atoms with E-state index in [1.54, 1.807) is 12.1 Å². The highest BCUT2D eigenvalue weighted by molar-refractivity contribution is 8.72. The smallest absolute Gasteiger partial charge is 0.269 e.